The summed E-state index contributed by atoms with van der Waals surface area (Å²) in [7, 11) is 1.68. The molecule has 0 saturated heterocycles. The van der Waals surface area contributed by atoms with E-state index in [1.807, 2.05) is 13.8 Å². The highest BCUT2D eigenvalue weighted by Gasteiger charge is 2.16. The normalized spacial score (nSPS) is 10.4. The third-order valence-electron chi connectivity index (χ3n) is 2.61. The van der Waals surface area contributed by atoms with E-state index in [1.165, 1.54) is 0 Å². The molecular weight excluding hydrogens is 248 g/mol. The Kier molecular flexibility index (Phi) is 8.78. The number of hydrogen-bond acceptors (Lipinski definition) is 5. The summed E-state index contributed by atoms with van der Waals surface area (Å²) in [6.45, 7) is 7.34. The first-order valence-corrected chi connectivity index (χ1v) is 6.58. The number of amides is 1. The molecule has 1 amide bonds. The molecule has 0 aromatic carbocycles. The number of carbonyl (C=O) groups is 3. The maximum absolute atomic E-state index is 11.8. The van der Waals surface area contributed by atoms with Crippen molar-refractivity contribution >= 4 is 17.7 Å². The van der Waals surface area contributed by atoms with Gasteiger partial charge in [-0.25, -0.2) is 0 Å². The standard InChI is InChI=1S/C13H24N2O4/c1-5-15(6-2)12(17)10-14(4)9-11(16)8-13(18)19-7-3/h5-10H2,1-4H3. The van der Waals surface area contributed by atoms with Crippen molar-refractivity contribution in [2.75, 3.05) is 39.8 Å². The van der Waals surface area contributed by atoms with Gasteiger partial charge in [0.1, 0.15) is 6.42 Å². The summed E-state index contributed by atoms with van der Waals surface area (Å²) >= 11 is 0. The van der Waals surface area contributed by atoms with E-state index >= 15 is 0 Å². The van der Waals surface area contributed by atoms with E-state index in [0.717, 1.165) is 0 Å². The molecule has 0 aliphatic heterocycles. The van der Waals surface area contributed by atoms with Crippen molar-refractivity contribution in [2.24, 2.45) is 0 Å². The van der Waals surface area contributed by atoms with Gasteiger partial charge in [0.2, 0.25) is 5.91 Å². The first-order chi connectivity index (χ1) is 8.94. The minimum absolute atomic E-state index is 0.0172. The fourth-order valence-electron chi connectivity index (χ4n) is 1.69. The molecule has 0 unspecified atom stereocenters. The van der Waals surface area contributed by atoms with Gasteiger partial charge in [-0.1, -0.05) is 0 Å². The fraction of sp³-hybridized carbons (Fsp3) is 0.769. The zero-order valence-corrected chi connectivity index (χ0v) is 12.3. The smallest absolute Gasteiger partial charge is 0.313 e. The van der Waals surface area contributed by atoms with Crippen molar-refractivity contribution in [3.8, 4) is 0 Å². The van der Waals surface area contributed by atoms with E-state index in [0.29, 0.717) is 13.1 Å². The number of hydrogen-bond donors (Lipinski definition) is 0. The second kappa shape index (κ2) is 9.49. The van der Waals surface area contributed by atoms with Gasteiger partial charge in [-0.15, -0.1) is 0 Å². The van der Waals surface area contributed by atoms with Crippen molar-refractivity contribution in [1.82, 2.24) is 9.80 Å². The van der Waals surface area contributed by atoms with E-state index in [9.17, 15) is 14.4 Å². The van der Waals surface area contributed by atoms with Crippen LogP contribution in [0.15, 0.2) is 0 Å². The first-order valence-electron chi connectivity index (χ1n) is 6.58. The van der Waals surface area contributed by atoms with Crippen LogP contribution in [-0.2, 0) is 19.1 Å². The van der Waals surface area contributed by atoms with Gasteiger partial charge in [0.05, 0.1) is 19.7 Å². The summed E-state index contributed by atoms with van der Waals surface area (Å²) in [5, 5.41) is 0. The van der Waals surface area contributed by atoms with E-state index in [4.69, 9.17) is 4.74 Å². The summed E-state index contributed by atoms with van der Waals surface area (Å²) in [4.78, 5) is 37.8. The number of nitrogens with zero attached hydrogens (tertiary/aromatic N) is 2. The molecule has 0 fully saturated rings. The van der Waals surface area contributed by atoms with Crippen LogP contribution in [0.3, 0.4) is 0 Å². The van der Waals surface area contributed by atoms with Crippen LogP contribution >= 0.6 is 0 Å². The Balaban J connectivity index is 4.09. The van der Waals surface area contributed by atoms with E-state index in [1.54, 1.807) is 23.8 Å². The van der Waals surface area contributed by atoms with E-state index in [2.05, 4.69) is 0 Å². The van der Waals surface area contributed by atoms with Crippen LogP contribution in [0.5, 0.6) is 0 Å². The van der Waals surface area contributed by atoms with E-state index in [-0.39, 0.29) is 37.8 Å². The van der Waals surface area contributed by atoms with Crippen molar-refractivity contribution in [2.45, 2.75) is 27.2 Å². The van der Waals surface area contributed by atoms with Crippen LogP contribution in [0, 0.1) is 0 Å². The lowest BCUT2D eigenvalue weighted by atomic mass is 10.2. The Hall–Kier alpha value is -1.43. The number of Topliss-reactive ketones (excluding diaryl/α,β-unsaturated/α-hetero) is 1. The average Bonchev–Trinajstić information content (AvgIpc) is 2.29. The van der Waals surface area contributed by atoms with Crippen LogP contribution in [0.25, 0.3) is 0 Å². The molecule has 0 heterocycles. The van der Waals surface area contributed by atoms with Crippen LogP contribution in [0.1, 0.15) is 27.2 Å². The molecule has 0 bridgehead atoms. The predicted molar refractivity (Wildman–Crippen MR) is 71.7 cm³/mol. The first kappa shape index (κ1) is 17.6. The molecule has 0 rings (SSSR count). The Morgan fingerprint density at radius 2 is 1.58 bits per heavy atom. The van der Waals surface area contributed by atoms with Gasteiger partial charge in [-0.2, -0.15) is 0 Å². The molecule has 0 saturated carbocycles. The van der Waals surface area contributed by atoms with Crippen molar-refractivity contribution in [3.63, 3.8) is 0 Å². The van der Waals surface area contributed by atoms with Gasteiger partial charge in [0.15, 0.2) is 5.78 Å². The zero-order valence-electron chi connectivity index (χ0n) is 12.3. The minimum Gasteiger partial charge on any atom is -0.466 e. The zero-order chi connectivity index (χ0) is 14.8. The average molecular weight is 272 g/mol. The van der Waals surface area contributed by atoms with Crippen LogP contribution in [0.4, 0.5) is 0 Å². The van der Waals surface area contributed by atoms with Gasteiger partial charge in [0, 0.05) is 13.1 Å². The summed E-state index contributed by atoms with van der Waals surface area (Å²) < 4.78 is 4.69. The minimum atomic E-state index is -0.518. The highest BCUT2D eigenvalue weighted by atomic mass is 16.5. The molecule has 0 aliphatic carbocycles. The summed E-state index contributed by atoms with van der Waals surface area (Å²) in [5.74, 6) is -0.777. The molecule has 6 nitrogen and oxygen atoms in total. The number of rotatable bonds is 9. The predicted octanol–water partition coefficient (Wildman–Crippen LogP) is 0.309. The van der Waals surface area contributed by atoms with Gasteiger partial charge < -0.3 is 9.64 Å². The number of ether oxygens (including phenoxy) is 1. The number of carbonyl (C=O) groups excluding carboxylic acids is 3. The van der Waals surface area contributed by atoms with Crippen LogP contribution < -0.4 is 0 Å². The number of esters is 1. The SMILES string of the molecule is CCOC(=O)CC(=O)CN(C)CC(=O)N(CC)CC. The Bertz CT molecular complexity index is 314. The quantitative estimate of drug-likeness (QED) is 0.446. The molecule has 0 radical (unpaired) electrons. The second-order valence-electron chi connectivity index (χ2n) is 4.26. The monoisotopic (exact) mass is 272 g/mol. The number of ketones is 1. The maximum atomic E-state index is 11.8. The Labute approximate surface area is 114 Å². The molecule has 0 aromatic heterocycles. The lowest BCUT2D eigenvalue weighted by Crippen LogP contribution is -2.40. The van der Waals surface area contributed by atoms with Crippen molar-refractivity contribution < 1.29 is 19.1 Å². The summed E-state index contributed by atoms with van der Waals surface area (Å²) in [6, 6.07) is 0. The third kappa shape index (κ3) is 7.56. The van der Waals surface area contributed by atoms with Gasteiger partial charge in [0.25, 0.3) is 0 Å². The molecule has 0 atom stereocenters. The van der Waals surface area contributed by atoms with Crippen LogP contribution in [-0.4, -0.2) is 67.3 Å². The lowest BCUT2D eigenvalue weighted by Gasteiger charge is -2.22. The van der Waals surface area contributed by atoms with Gasteiger partial charge in [-0.3, -0.25) is 19.3 Å². The molecule has 19 heavy (non-hydrogen) atoms. The molecule has 0 spiro atoms. The fourth-order valence-corrected chi connectivity index (χ4v) is 1.69. The molecule has 110 valence electrons. The number of likely N-dealkylation sites (N-methyl/N-ethyl adjacent to an activating group) is 2. The van der Waals surface area contributed by atoms with E-state index < -0.39 is 5.97 Å². The lowest BCUT2D eigenvalue weighted by molar-refractivity contribution is -0.145. The Morgan fingerprint density at radius 3 is 2.05 bits per heavy atom. The summed E-state index contributed by atoms with van der Waals surface area (Å²) in [6.07, 6.45) is -0.238. The van der Waals surface area contributed by atoms with Gasteiger partial charge in [-0.05, 0) is 27.8 Å². The summed E-state index contributed by atoms with van der Waals surface area (Å²) in [5.41, 5.74) is 0. The topological polar surface area (TPSA) is 66.9 Å². The van der Waals surface area contributed by atoms with Gasteiger partial charge >= 0.3 is 5.97 Å². The molecule has 0 aliphatic rings. The van der Waals surface area contributed by atoms with Crippen molar-refractivity contribution in [3.05, 3.63) is 0 Å². The maximum Gasteiger partial charge on any atom is 0.313 e. The molecule has 0 N–H and O–H groups in total. The molecule has 6 heteroatoms. The molecular formula is C13H24N2O4. The highest BCUT2D eigenvalue weighted by molar-refractivity contribution is 5.96. The molecule has 0 aromatic rings. The third-order valence-corrected chi connectivity index (χ3v) is 2.61. The Morgan fingerprint density at radius 1 is 1.00 bits per heavy atom. The second-order valence-corrected chi connectivity index (χ2v) is 4.26. The highest BCUT2D eigenvalue weighted by Crippen LogP contribution is 1.95. The van der Waals surface area contributed by atoms with Crippen molar-refractivity contribution in [1.29, 1.82) is 0 Å². The largest absolute Gasteiger partial charge is 0.466 e. The van der Waals surface area contributed by atoms with Crippen LogP contribution in [0.2, 0.25) is 0 Å².